The molecule has 0 spiro atoms. The van der Waals surface area contributed by atoms with Gasteiger partial charge >= 0.3 is 7.12 Å². The van der Waals surface area contributed by atoms with E-state index in [1.54, 1.807) is 0 Å². The van der Waals surface area contributed by atoms with Crippen molar-refractivity contribution in [3.63, 3.8) is 0 Å². The number of Topliss-reactive ketones (excluding diaryl/α,β-unsaturated/α-hetero) is 1. The molecule has 6 aliphatic rings. The Morgan fingerprint density at radius 2 is 1.86 bits per heavy atom. The van der Waals surface area contributed by atoms with Crippen molar-refractivity contribution in [2.75, 3.05) is 0 Å². The molecule has 0 unspecified atom stereocenters. The van der Waals surface area contributed by atoms with Crippen molar-refractivity contribution in [3.8, 4) is 0 Å². The molecule has 1 aliphatic heterocycles. The van der Waals surface area contributed by atoms with E-state index in [1.807, 2.05) is 20.8 Å². The van der Waals surface area contributed by atoms with Crippen molar-refractivity contribution in [2.24, 2.45) is 35.0 Å². The maximum absolute atomic E-state index is 13.7. The first kappa shape index (κ1) is 26.2. The fourth-order valence-corrected chi connectivity index (χ4v) is 8.85. The summed E-state index contributed by atoms with van der Waals surface area (Å²) in [6.07, 6.45) is 6.38. The average Bonchev–Trinajstić information content (AvgIpc) is 3.34. The summed E-state index contributed by atoms with van der Waals surface area (Å²) >= 11 is 0. The van der Waals surface area contributed by atoms with Crippen LogP contribution in [0.3, 0.4) is 0 Å². The lowest BCUT2D eigenvalue weighted by Gasteiger charge is -2.64. The van der Waals surface area contributed by atoms with E-state index < -0.39 is 11.1 Å². The van der Waals surface area contributed by atoms with Gasteiger partial charge in [0.15, 0.2) is 0 Å². The number of rotatable bonds is 6. The predicted molar refractivity (Wildman–Crippen MR) is 138 cm³/mol. The van der Waals surface area contributed by atoms with Gasteiger partial charge < -0.3 is 19.9 Å². The molecule has 0 aromatic heterocycles. The number of carbonyl (C=O) groups excluding carboxylic acids is 3. The first-order valence-electron chi connectivity index (χ1n) is 14.1. The van der Waals surface area contributed by atoms with E-state index in [-0.39, 0.29) is 54.2 Å². The molecule has 8 heteroatoms. The molecule has 7 nitrogen and oxygen atoms in total. The summed E-state index contributed by atoms with van der Waals surface area (Å²) in [4.78, 5) is 38.4. The lowest BCUT2D eigenvalue weighted by molar-refractivity contribution is -0.199. The van der Waals surface area contributed by atoms with Crippen LogP contribution in [0.25, 0.3) is 0 Å². The van der Waals surface area contributed by atoms with Crippen LogP contribution in [0.4, 0.5) is 0 Å². The Labute approximate surface area is 216 Å². The largest absolute Gasteiger partial charge is 0.457 e. The van der Waals surface area contributed by atoms with Crippen LogP contribution in [0.15, 0.2) is 0 Å². The second kappa shape index (κ2) is 8.55. The minimum atomic E-state index is -0.974. The third kappa shape index (κ3) is 4.15. The van der Waals surface area contributed by atoms with Gasteiger partial charge in [-0.3, -0.25) is 14.4 Å². The molecule has 2 N–H and O–H groups in total. The molecule has 0 aromatic rings. The fourth-order valence-electron chi connectivity index (χ4n) is 8.85. The van der Waals surface area contributed by atoms with Gasteiger partial charge in [-0.1, -0.05) is 20.3 Å². The molecule has 200 valence electrons. The number of nitrogens with one attached hydrogen (secondary N) is 2. The van der Waals surface area contributed by atoms with Crippen LogP contribution in [-0.2, 0) is 23.7 Å². The Morgan fingerprint density at radius 1 is 1.14 bits per heavy atom. The zero-order valence-corrected chi connectivity index (χ0v) is 23.2. The topological polar surface area (TPSA) is 93.7 Å². The molecule has 5 aliphatic carbocycles. The second-order valence-corrected chi connectivity index (χ2v) is 14.4. The van der Waals surface area contributed by atoms with Gasteiger partial charge in [0, 0.05) is 25.3 Å². The average molecular weight is 500 g/mol. The van der Waals surface area contributed by atoms with Crippen LogP contribution < -0.4 is 10.6 Å². The molecule has 2 bridgehead atoms. The van der Waals surface area contributed by atoms with Crippen LogP contribution in [-0.4, -0.2) is 47.5 Å². The van der Waals surface area contributed by atoms with Crippen LogP contribution in [0.2, 0.25) is 6.32 Å². The number of hydrogen-bond donors (Lipinski definition) is 2. The van der Waals surface area contributed by atoms with Gasteiger partial charge in [0.1, 0.15) is 11.3 Å². The summed E-state index contributed by atoms with van der Waals surface area (Å²) in [5, 5.41) is 6.23. The van der Waals surface area contributed by atoms with Gasteiger partial charge in [-0.25, -0.2) is 0 Å². The van der Waals surface area contributed by atoms with Crippen LogP contribution in [0.1, 0.15) is 93.4 Å². The van der Waals surface area contributed by atoms with E-state index in [0.717, 1.165) is 31.5 Å². The SMILES string of the molecule is CC(=O)N[C@@]1(C(=O)NC(C)(C)C)C[C@H]2CC(=O)C[C@H]2[C@@H]1CCCB1O[C@@H]2C[C@@H]3C[C@@H](C3(C)C)[C@]2(C)O1. The highest BCUT2D eigenvalue weighted by atomic mass is 16.7. The van der Waals surface area contributed by atoms with E-state index in [4.69, 9.17) is 9.31 Å². The second-order valence-electron chi connectivity index (χ2n) is 14.4. The molecule has 2 amide bonds. The summed E-state index contributed by atoms with van der Waals surface area (Å²) in [6, 6.07) is 0. The molecule has 0 aromatic carbocycles. The van der Waals surface area contributed by atoms with Crippen molar-refractivity contribution >= 4 is 24.7 Å². The lowest BCUT2D eigenvalue weighted by Crippen LogP contribution is -2.65. The molecule has 6 fully saturated rings. The third-order valence-corrected chi connectivity index (χ3v) is 10.5. The van der Waals surface area contributed by atoms with Crippen molar-refractivity contribution < 1.29 is 23.7 Å². The van der Waals surface area contributed by atoms with Gasteiger partial charge in [0.25, 0.3) is 0 Å². The summed E-state index contributed by atoms with van der Waals surface area (Å²) in [5.74, 6) is 1.42. The first-order valence-corrected chi connectivity index (χ1v) is 14.1. The Hall–Kier alpha value is -1.41. The Bertz CT molecular complexity index is 947. The number of fused-ring (bicyclic) bond motifs is 1. The van der Waals surface area contributed by atoms with Crippen LogP contribution in [0.5, 0.6) is 0 Å². The van der Waals surface area contributed by atoms with Crippen molar-refractivity contribution in [2.45, 2.75) is 123 Å². The summed E-state index contributed by atoms with van der Waals surface area (Å²) in [6.45, 7) is 14.3. The van der Waals surface area contributed by atoms with Crippen LogP contribution >= 0.6 is 0 Å². The summed E-state index contributed by atoms with van der Waals surface area (Å²) < 4.78 is 13.0. The van der Waals surface area contributed by atoms with Gasteiger partial charge in [-0.05, 0) is 94.7 Å². The number of amides is 2. The van der Waals surface area contributed by atoms with Crippen molar-refractivity contribution in [3.05, 3.63) is 0 Å². The highest BCUT2D eigenvalue weighted by Crippen LogP contribution is 2.66. The molecule has 8 atom stereocenters. The normalized spacial score (nSPS) is 42.5. The van der Waals surface area contributed by atoms with Gasteiger partial charge in [0.05, 0.1) is 11.7 Å². The fraction of sp³-hybridized carbons (Fsp3) is 0.893. The van der Waals surface area contributed by atoms with E-state index in [0.29, 0.717) is 30.6 Å². The lowest BCUT2D eigenvalue weighted by atomic mass is 9.43. The first-order chi connectivity index (χ1) is 16.7. The molecule has 36 heavy (non-hydrogen) atoms. The minimum absolute atomic E-state index is 0.0776. The van der Waals surface area contributed by atoms with E-state index >= 15 is 0 Å². The Balaban J connectivity index is 1.30. The number of carbonyl (C=O) groups is 3. The van der Waals surface area contributed by atoms with E-state index in [1.165, 1.54) is 13.3 Å². The molecule has 0 radical (unpaired) electrons. The zero-order chi connectivity index (χ0) is 26.3. The Morgan fingerprint density at radius 3 is 2.50 bits per heavy atom. The summed E-state index contributed by atoms with van der Waals surface area (Å²) in [5.41, 5.74) is -1.29. The maximum Gasteiger partial charge on any atom is 0.457 e. The highest BCUT2D eigenvalue weighted by molar-refractivity contribution is 6.45. The zero-order valence-electron chi connectivity index (χ0n) is 23.2. The quantitative estimate of drug-likeness (QED) is 0.540. The summed E-state index contributed by atoms with van der Waals surface area (Å²) in [7, 11) is -0.226. The van der Waals surface area contributed by atoms with Gasteiger partial charge in [-0.15, -0.1) is 0 Å². The molecular weight excluding hydrogens is 455 g/mol. The van der Waals surface area contributed by atoms with Gasteiger partial charge in [0.2, 0.25) is 11.8 Å². The van der Waals surface area contributed by atoms with Crippen LogP contribution in [0, 0.1) is 35.0 Å². The monoisotopic (exact) mass is 500 g/mol. The number of ketones is 1. The predicted octanol–water partition coefficient (Wildman–Crippen LogP) is 3.90. The molecule has 1 heterocycles. The Kier molecular flexibility index (Phi) is 6.23. The molecule has 1 saturated heterocycles. The molecule has 5 saturated carbocycles. The third-order valence-electron chi connectivity index (χ3n) is 10.5. The van der Waals surface area contributed by atoms with Gasteiger partial charge in [-0.2, -0.15) is 0 Å². The maximum atomic E-state index is 13.7. The minimum Gasteiger partial charge on any atom is -0.405 e. The molecular formula is C28H45BN2O5. The number of hydrogen-bond acceptors (Lipinski definition) is 5. The highest BCUT2D eigenvalue weighted by Gasteiger charge is 2.68. The van der Waals surface area contributed by atoms with E-state index in [2.05, 4.69) is 31.4 Å². The van der Waals surface area contributed by atoms with Crippen molar-refractivity contribution in [1.29, 1.82) is 0 Å². The van der Waals surface area contributed by atoms with E-state index in [9.17, 15) is 14.4 Å². The molecule has 6 rings (SSSR count). The standard InChI is InChI=1S/C28H45BN2O5/c1-16(32)30-28(24(34)31-25(2,3)4)15-17-11-19(33)14-20(17)21(28)9-8-10-29-35-23-13-18-12-22(26(18,5)6)27(23,7)36-29/h17-18,20-23H,8-15H2,1-7H3,(H,30,32)(H,31,34)/t17-,18+,20-,21+,22+,23-,27+,28+/m1/s1. The van der Waals surface area contributed by atoms with Crippen molar-refractivity contribution in [1.82, 2.24) is 10.6 Å². The smallest absolute Gasteiger partial charge is 0.405 e.